The van der Waals surface area contributed by atoms with Crippen LogP contribution in [0.2, 0.25) is 0 Å². The molecule has 25 nitrogen and oxygen atoms in total. The van der Waals surface area contributed by atoms with Crippen LogP contribution in [-0.4, -0.2) is 273 Å². The minimum atomic E-state index is -1.65. The molecule has 556 valence electrons. The molecular weight excluding hydrogens is 1260 g/mol. The second kappa shape index (κ2) is 40.4. The highest BCUT2D eigenvalue weighted by Gasteiger charge is 2.47. The van der Waals surface area contributed by atoms with Gasteiger partial charge in [-0.3, -0.25) is 52.7 Å². The largest absolute Gasteiger partial charge is 0.390 e. The molecular formula is C71H128N12O13S. The highest BCUT2D eigenvalue weighted by molar-refractivity contribution is 7.99. The number of nitrogens with zero attached hydrogens (tertiary/aromatic N) is 8. The van der Waals surface area contributed by atoms with Crippen molar-refractivity contribution < 1.29 is 63.0 Å². The summed E-state index contributed by atoms with van der Waals surface area (Å²) in [5, 5.41) is 34.9. The summed E-state index contributed by atoms with van der Waals surface area (Å²) in [6.45, 7) is 31.8. The summed E-state index contributed by atoms with van der Waals surface area (Å²) < 4.78 is 0. The molecule has 13 atom stereocenters. The Bertz CT molecular complexity index is 2650. The number of allylic oxidation sites excluding steroid dienone is 2. The molecule has 97 heavy (non-hydrogen) atoms. The van der Waals surface area contributed by atoms with E-state index in [0.29, 0.717) is 25.1 Å². The molecule has 26 heteroatoms. The first-order valence-corrected chi connectivity index (χ1v) is 36.5. The van der Waals surface area contributed by atoms with Gasteiger partial charge in [-0.1, -0.05) is 102 Å². The van der Waals surface area contributed by atoms with Crippen molar-refractivity contribution in [3.8, 4) is 0 Å². The van der Waals surface area contributed by atoms with Crippen LogP contribution in [0.5, 0.6) is 0 Å². The number of amides is 11. The van der Waals surface area contributed by atoms with Gasteiger partial charge in [0.2, 0.25) is 65.0 Å². The Morgan fingerprint density at radius 2 is 1.01 bits per heavy atom. The van der Waals surface area contributed by atoms with Crippen LogP contribution in [0.1, 0.15) is 182 Å². The fourth-order valence-corrected chi connectivity index (χ4v) is 13.8. The molecule has 0 bridgehead atoms. The van der Waals surface area contributed by atoms with Gasteiger partial charge in [0, 0.05) is 73.8 Å². The lowest BCUT2D eigenvalue weighted by Crippen LogP contribution is -2.64. The predicted molar refractivity (Wildman–Crippen MR) is 381 cm³/mol. The standard InChI is InChI=1S/C71H128N12O13S/c1-25-27-31-47(13)59(84)58-63(88)74-50(26-2)65(90)80(22)55(41-97-37-36-83-34-29-28-30-35-83)68(93)79(21)54(40-71(16,17)96)62(87)75-56(45(9)10)69(94)77(19)52(38-43(5)6)61(86)72-48(14)60(85)73-49(15)64(89)78(20)53(39-44(7)8)67(92)76(18)51(33-32-42(3)4)66(91)81(23)57(46(11)12)70(95)82(58)24/h25,27,42-59,84,96H,26,28-41H2,1-24H3,(H,72,86)(H,73,85)(H,74,88)(H,75,87)/b27-25+/t47-,48-,49+,50-,51-,52-,53+,54+,55-,56-,57-,58+,59-/m1/s1. The Hall–Kier alpha value is -5.86. The van der Waals surface area contributed by atoms with Crippen molar-refractivity contribution in [2.75, 3.05) is 80.5 Å². The molecule has 0 aromatic rings. The van der Waals surface area contributed by atoms with Crippen molar-refractivity contribution in [2.24, 2.45) is 35.5 Å². The molecule has 2 heterocycles. The van der Waals surface area contributed by atoms with Gasteiger partial charge in [0.1, 0.15) is 66.5 Å². The molecule has 0 radical (unpaired) electrons. The molecule has 2 aliphatic heterocycles. The van der Waals surface area contributed by atoms with Crippen LogP contribution >= 0.6 is 11.8 Å². The average Bonchev–Trinajstić information content (AvgIpc) is 0.809. The van der Waals surface area contributed by atoms with Crippen molar-refractivity contribution in [1.29, 1.82) is 0 Å². The van der Waals surface area contributed by atoms with Crippen molar-refractivity contribution in [3.05, 3.63) is 12.2 Å². The molecule has 2 fully saturated rings. The van der Waals surface area contributed by atoms with E-state index in [2.05, 4.69) is 26.2 Å². The lowest BCUT2D eigenvalue weighted by molar-refractivity contribution is -0.157. The molecule has 11 amide bonds. The Balaban J connectivity index is 3.13. The Morgan fingerprint density at radius 1 is 0.526 bits per heavy atom. The summed E-state index contributed by atoms with van der Waals surface area (Å²) in [5.41, 5.74) is -1.58. The lowest BCUT2D eigenvalue weighted by Gasteiger charge is -2.41. The number of thioether (sulfide) groups is 1. The smallest absolute Gasteiger partial charge is 0.246 e. The molecule has 0 saturated carbocycles. The lowest BCUT2D eigenvalue weighted by atomic mass is 9.91. The summed E-state index contributed by atoms with van der Waals surface area (Å²) in [6, 6.07) is -14.3. The van der Waals surface area contributed by atoms with Gasteiger partial charge in [-0.25, -0.2) is 0 Å². The highest BCUT2D eigenvalue weighted by Crippen LogP contribution is 2.27. The van der Waals surface area contributed by atoms with Gasteiger partial charge >= 0.3 is 0 Å². The second-order valence-corrected chi connectivity index (χ2v) is 31.2. The number of carbonyl (C=O) groups is 11. The Kier molecular flexibility index (Phi) is 36.3. The number of piperidine rings is 1. The monoisotopic (exact) mass is 1390 g/mol. The van der Waals surface area contributed by atoms with Crippen molar-refractivity contribution >= 4 is 76.7 Å². The zero-order chi connectivity index (χ0) is 74.4. The van der Waals surface area contributed by atoms with E-state index in [1.54, 1.807) is 54.5 Å². The zero-order valence-electron chi connectivity index (χ0n) is 63.5. The molecule has 0 aromatic carbocycles. The Morgan fingerprint density at radius 3 is 1.53 bits per heavy atom. The van der Waals surface area contributed by atoms with E-state index in [1.165, 1.54) is 113 Å². The topological polar surface area (TPSA) is 302 Å². The number of aliphatic hydroxyl groups excluding tert-OH is 1. The molecule has 2 saturated heterocycles. The number of likely N-dealkylation sites (tertiary alicyclic amines) is 1. The molecule has 2 rings (SSSR count). The van der Waals surface area contributed by atoms with Crippen molar-refractivity contribution in [2.45, 2.75) is 260 Å². The summed E-state index contributed by atoms with van der Waals surface area (Å²) >= 11 is 1.43. The van der Waals surface area contributed by atoms with Crippen molar-refractivity contribution in [3.63, 3.8) is 0 Å². The van der Waals surface area contributed by atoms with Gasteiger partial charge in [-0.2, -0.15) is 11.8 Å². The molecule has 0 aliphatic carbocycles. The number of nitrogens with one attached hydrogen (secondary N) is 4. The quantitative estimate of drug-likeness (QED) is 0.0687. The normalized spacial score (nSPS) is 27.1. The number of hydrogen-bond donors (Lipinski definition) is 6. The van der Waals surface area contributed by atoms with Crippen molar-refractivity contribution in [1.82, 2.24) is 60.5 Å². The van der Waals surface area contributed by atoms with E-state index in [-0.39, 0.29) is 55.6 Å². The number of carbonyl (C=O) groups excluding carboxylic acids is 11. The maximum atomic E-state index is 15.5. The van der Waals surface area contributed by atoms with E-state index in [9.17, 15) is 29.4 Å². The Labute approximate surface area is 585 Å². The van der Waals surface area contributed by atoms with Crippen LogP contribution in [0.25, 0.3) is 0 Å². The number of likely N-dealkylation sites (N-methyl/N-ethyl adjacent to an activating group) is 7. The number of aliphatic hydroxyl groups is 2. The fraction of sp³-hybridized carbons (Fsp3) is 0.817. The van der Waals surface area contributed by atoms with E-state index >= 15 is 33.6 Å². The highest BCUT2D eigenvalue weighted by atomic mass is 32.2. The molecule has 0 unspecified atom stereocenters. The minimum absolute atomic E-state index is 0.0181. The third kappa shape index (κ3) is 25.7. The van der Waals surface area contributed by atoms with Crippen LogP contribution in [0.4, 0.5) is 0 Å². The van der Waals surface area contributed by atoms with Gasteiger partial charge < -0.3 is 70.7 Å². The fourth-order valence-electron chi connectivity index (χ4n) is 12.7. The predicted octanol–water partition coefficient (Wildman–Crippen LogP) is 4.36. The van der Waals surface area contributed by atoms with Crippen LogP contribution in [-0.2, 0) is 52.7 Å². The summed E-state index contributed by atoms with van der Waals surface area (Å²) in [7, 11) is 9.97. The SMILES string of the molecule is C/C=C/C[C@@H](C)[C@@H](O)[C@H]1C(=O)N[C@H](CC)C(=O)N(C)[C@H](CSCCN2CCCCC2)C(=O)N(C)[C@@H](CC(C)(C)O)C(=O)N[C@H](C(C)C)C(=O)N(C)[C@H](CC(C)C)C(=O)N[C@H](C)C(=O)N[C@@H](C)C(=O)N(C)[C@@H](CC(C)C)C(=O)N(C)[C@H](CCC(C)C)C(=O)N(C)[C@H](C(C)C)C(=O)N1C. The maximum absolute atomic E-state index is 15.5. The van der Waals surface area contributed by atoms with Gasteiger partial charge in [-0.15, -0.1) is 0 Å². The van der Waals surface area contributed by atoms with Crippen LogP contribution in [0.15, 0.2) is 12.2 Å². The molecule has 0 spiro atoms. The van der Waals surface area contributed by atoms with Gasteiger partial charge in [0.05, 0.1) is 11.7 Å². The second-order valence-electron chi connectivity index (χ2n) is 30.0. The van der Waals surface area contributed by atoms with Crippen LogP contribution < -0.4 is 21.3 Å². The molecule has 2 aliphatic rings. The maximum Gasteiger partial charge on any atom is 0.246 e. The molecule has 6 N–H and O–H groups in total. The van der Waals surface area contributed by atoms with Gasteiger partial charge in [-0.05, 0) is 135 Å². The van der Waals surface area contributed by atoms with Gasteiger partial charge in [0.25, 0.3) is 0 Å². The van der Waals surface area contributed by atoms with E-state index in [4.69, 9.17) is 0 Å². The summed E-state index contributed by atoms with van der Waals surface area (Å²) in [4.78, 5) is 176. The molecule has 0 aromatic heterocycles. The zero-order valence-corrected chi connectivity index (χ0v) is 64.3. The summed E-state index contributed by atoms with van der Waals surface area (Å²) in [6.07, 6.45) is 6.16. The van der Waals surface area contributed by atoms with E-state index in [0.717, 1.165) is 42.2 Å². The first-order valence-electron chi connectivity index (χ1n) is 35.4. The third-order valence-electron chi connectivity index (χ3n) is 19.0. The van der Waals surface area contributed by atoms with E-state index in [1.807, 2.05) is 47.6 Å². The number of hydrogen-bond acceptors (Lipinski definition) is 15. The number of rotatable bonds is 21. The minimum Gasteiger partial charge on any atom is -0.390 e. The average molecular weight is 1390 g/mol. The van der Waals surface area contributed by atoms with Gasteiger partial charge in [0.15, 0.2) is 0 Å². The van der Waals surface area contributed by atoms with E-state index < -0.39 is 161 Å². The third-order valence-corrected chi connectivity index (χ3v) is 20.0. The summed E-state index contributed by atoms with van der Waals surface area (Å²) in [5.74, 6) is -9.28. The van der Waals surface area contributed by atoms with Crippen LogP contribution in [0.3, 0.4) is 0 Å². The first kappa shape index (κ1) is 87.2. The van der Waals surface area contributed by atoms with Crippen LogP contribution in [0, 0.1) is 35.5 Å². The first-order chi connectivity index (χ1) is 45.0.